The van der Waals surface area contributed by atoms with E-state index in [9.17, 15) is 14.7 Å². The van der Waals surface area contributed by atoms with Gasteiger partial charge in [0.1, 0.15) is 0 Å². The van der Waals surface area contributed by atoms with Gasteiger partial charge in [-0.3, -0.25) is 9.59 Å². The van der Waals surface area contributed by atoms with Crippen molar-refractivity contribution in [3.05, 3.63) is 29.6 Å². The van der Waals surface area contributed by atoms with E-state index in [-0.39, 0.29) is 35.3 Å². The SMILES string of the molecule is [C-]#[N+]c1cc(NC(=O)C2CCCCC2)ccc1N1CCC[C@]2(CCN(C3CCC(O)CC3)C2=O)C1. The maximum atomic E-state index is 13.6. The second-order valence-corrected chi connectivity index (χ2v) is 11.2. The van der Waals surface area contributed by atoms with Crippen molar-refractivity contribution >= 4 is 28.9 Å². The van der Waals surface area contributed by atoms with E-state index in [2.05, 4.69) is 20.0 Å². The average molecular weight is 479 g/mol. The highest BCUT2D eigenvalue weighted by molar-refractivity contribution is 5.94. The van der Waals surface area contributed by atoms with Gasteiger partial charge < -0.3 is 20.2 Å². The van der Waals surface area contributed by atoms with Gasteiger partial charge in [-0.1, -0.05) is 19.3 Å². The zero-order chi connectivity index (χ0) is 24.4. The van der Waals surface area contributed by atoms with Crippen LogP contribution < -0.4 is 10.2 Å². The Hall–Kier alpha value is -2.59. The minimum Gasteiger partial charge on any atom is -0.393 e. The number of aliphatic hydroxyl groups is 1. The van der Waals surface area contributed by atoms with Gasteiger partial charge >= 0.3 is 0 Å². The molecule has 0 bridgehead atoms. The molecule has 4 fully saturated rings. The lowest BCUT2D eigenvalue weighted by atomic mass is 9.78. The number of carbonyl (C=O) groups excluding carboxylic acids is 2. The number of hydrogen-bond donors (Lipinski definition) is 2. The third-order valence-corrected chi connectivity index (χ3v) is 8.91. The van der Waals surface area contributed by atoms with Gasteiger partial charge in [-0.15, -0.1) is 0 Å². The Balaban J connectivity index is 1.28. The van der Waals surface area contributed by atoms with E-state index in [1.54, 1.807) is 6.07 Å². The van der Waals surface area contributed by atoms with Crippen LogP contribution in [0.3, 0.4) is 0 Å². The van der Waals surface area contributed by atoms with E-state index in [4.69, 9.17) is 6.57 Å². The highest BCUT2D eigenvalue weighted by Gasteiger charge is 2.50. The van der Waals surface area contributed by atoms with E-state index in [1.165, 1.54) is 6.42 Å². The first kappa shape index (κ1) is 24.1. The second-order valence-electron chi connectivity index (χ2n) is 11.2. The Labute approximate surface area is 208 Å². The summed E-state index contributed by atoms with van der Waals surface area (Å²) in [4.78, 5) is 34.4. The summed E-state index contributed by atoms with van der Waals surface area (Å²) >= 11 is 0. The summed E-state index contributed by atoms with van der Waals surface area (Å²) in [7, 11) is 0. The average Bonchev–Trinajstić information content (AvgIpc) is 3.19. The number of benzene rings is 1. The molecule has 1 atom stereocenters. The van der Waals surface area contributed by atoms with Crippen molar-refractivity contribution in [3.8, 4) is 0 Å². The molecule has 2 amide bonds. The Kier molecular flexibility index (Phi) is 7.02. The van der Waals surface area contributed by atoms with Crippen LogP contribution in [-0.2, 0) is 9.59 Å². The molecule has 0 unspecified atom stereocenters. The van der Waals surface area contributed by atoms with Crippen molar-refractivity contribution in [1.82, 2.24) is 4.90 Å². The molecule has 2 aliphatic carbocycles. The lowest BCUT2D eigenvalue weighted by Gasteiger charge is -2.42. The fourth-order valence-corrected chi connectivity index (χ4v) is 6.85. The summed E-state index contributed by atoms with van der Waals surface area (Å²) in [6.45, 7) is 10.1. The smallest absolute Gasteiger partial charge is 0.230 e. The molecule has 2 aliphatic heterocycles. The first-order valence-corrected chi connectivity index (χ1v) is 13.6. The molecule has 2 N–H and O–H groups in total. The maximum Gasteiger partial charge on any atom is 0.230 e. The van der Waals surface area contributed by atoms with Gasteiger partial charge in [0.15, 0.2) is 0 Å². The fraction of sp³-hybridized carbons (Fsp3) is 0.679. The van der Waals surface area contributed by atoms with Crippen LogP contribution >= 0.6 is 0 Å². The predicted octanol–water partition coefficient (Wildman–Crippen LogP) is 4.88. The molecule has 5 rings (SSSR count). The minimum atomic E-state index is -0.374. The van der Waals surface area contributed by atoms with Crippen molar-refractivity contribution in [2.24, 2.45) is 11.3 Å². The van der Waals surface area contributed by atoms with Crippen LogP contribution in [0.2, 0.25) is 0 Å². The van der Waals surface area contributed by atoms with Gasteiger partial charge in [-0.2, -0.15) is 0 Å². The Morgan fingerprint density at radius 3 is 2.54 bits per heavy atom. The highest BCUT2D eigenvalue weighted by atomic mass is 16.3. The fourth-order valence-electron chi connectivity index (χ4n) is 6.85. The van der Waals surface area contributed by atoms with Crippen LogP contribution in [0.25, 0.3) is 4.85 Å². The maximum absolute atomic E-state index is 13.6. The molecule has 35 heavy (non-hydrogen) atoms. The first-order chi connectivity index (χ1) is 17.0. The van der Waals surface area contributed by atoms with Crippen molar-refractivity contribution in [1.29, 1.82) is 0 Å². The summed E-state index contributed by atoms with van der Waals surface area (Å²) in [5.41, 5.74) is 1.71. The molecular weight excluding hydrogens is 440 g/mol. The Bertz CT molecular complexity index is 990. The number of anilines is 2. The topological polar surface area (TPSA) is 77.2 Å². The number of nitrogens with one attached hydrogen (secondary N) is 1. The van der Waals surface area contributed by atoms with Gasteiger partial charge in [-0.05, 0) is 76.0 Å². The summed E-state index contributed by atoms with van der Waals surface area (Å²) in [6.07, 6.45) is 11.2. The standard InChI is InChI=1S/C28H38N4O3/c1-29-24-18-21(30-26(34)20-6-3-2-4-7-20)8-13-25(24)31-16-5-14-28(19-31)15-17-32(27(28)35)22-9-11-23(33)12-10-22/h8,13,18,20,22-23,33H,2-7,9-12,14-17,19H2,(H,30,34)/t22?,23?,28-/m0/s1. The van der Waals surface area contributed by atoms with Gasteiger partial charge in [0.2, 0.25) is 17.5 Å². The zero-order valence-corrected chi connectivity index (χ0v) is 20.7. The molecule has 2 saturated heterocycles. The van der Waals surface area contributed by atoms with Crippen molar-refractivity contribution in [3.63, 3.8) is 0 Å². The first-order valence-electron chi connectivity index (χ1n) is 13.6. The van der Waals surface area contributed by atoms with E-state index >= 15 is 0 Å². The zero-order valence-electron chi connectivity index (χ0n) is 20.7. The molecule has 7 heteroatoms. The van der Waals surface area contributed by atoms with Gasteiger partial charge in [0.05, 0.1) is 18.1 Å². The molecule has 7 nitrogen and oxygen atoms in total. The van der Waals surface area contributed by atoms with E-state index in [0.717, 1.165) is 89.4 Å². The summed E-state index contributed by atoms with van der Waals surface area (Å²) in [5, 5.41) is 12.9. The summed E-state index contributed by atoms with van der Waals surface area (Å²) in [6, 6.07) is 5.90. The third-order valence-electron chi connectivity index (χ3n) is 8.91. The molecule has 1 spiro atoms. The molecule has 0 radical (unpaired) electrons. The van der Waals surface area contributed by atoms with E-state index in [0.29, 0.717) is 17.9 Å². The quantitative estimate of drug-likeness (QED) is 0.605. The largest absolute Gasteiger partial charge is 0.393 e. The number of hydrogen-bond acceptors (Lipinski definition) is 4. The lowest BCUT2D eigenvalue weighted by molar-refractivity contribution is -0.139. The van der Waals surface area contributed by atoms with Crippen LogP contribution in [-0.4, -0.2) is 53.6 Å². The second kappa shape index (κ2) is 10.2. The van der Waals surface area contributed by atoms with Gasteiger partial charge in [0.25, 0.3) is 0 Å². The van der Waals surface area contributed by atoms with Gasteiger partial charge in [0, 0.05) is 43.0 Å². The predicted molar refractivity (Wildman–Crippen MR) is 136 cm³/mol. The minimum absolute atomic E-state index is 0.0668. The van der Waals surface area contributed by atoms with Crippen molar-refractivity contribution < 1.29 is 14.7 Å². The van der Waals surface area contributed by atoms with Crippen LogP contribution in [0.1, 0.15) is 77.0 Å². The van der Waals surface area contributed by atoms with Crippen LogP contribution in [0.15, 0.2) is 18.2 Å². The van der Waals surface area contributed by atoms with Crippen molar-refractivity contribution in [2.75, 3.05) is 29.9 Å². The molecule has 4 aliphatic rings. The van der Waals surface area contributed by atoms with Gasteiger partial charge in [-0.25, -0.2) is 4.85 Å². The number of amides is 2. The van der Waals surface area contributed by atoms with E-state index in [1.807, 2.05) is 12.1 Å². The summed E-state index contributed by atoms with van der Waals surface area (Å²) in [5.74, 6) is 0.409. The molecule has 1 aromatic carbocycles. The molecular formula is C28H38N4O3. The van der Waals surface area contributed by atoms with Crippen LogP contribution in [0.4, 0.5) is 17.1 Å². The third kappa shape index (κ3) is 4.91. The number of nitrogens with zero attached hydrogens (tertiary/aromatic N) is 3. The molecule has 2 saturated carbocycles. The number of aliphatic hydroxyl groups excluding tert-OH is 1. The van der Waals surface area contributed by atoms with Crippen molar-refractivity contribution in [2.45, 2.75) is 89.2 Å². The molecule has 2 heterocycles. The number of likely N-dealkylation sites (tertiary alicyclic amines) is 1. The summed E-state index contributed by atoms with van der Waals surface area (Å²) < 4.78 is 0. The number of piperidine rings is 1. The Morgan fingerprint density at radius 2 is 1.80 bits per heavy atom. The molecule has 0 aromatic heterocycles. The highest BCUT2D eigenvalue weighted by Crippen LogP contribution is 2.45. The lowest BCUT2D eigenvalue weighted by Crippen LogP contribution is -2.50. The number of rotatable bonds is 4. The monoisotopic (exact) mass is 478 g/mol. The number of carbonyl (C=O) groups is 2. The Morgan fingerprint density at radius 1 is 1.03 bits per heavy atom. The molecule has 188 valence electrons. The van der Waals surface area contributed by atoms with Crippen LogP contribution in [0, 0.1) is 17.9 Å². The molecule has 1 aromatic rings. The van der Waals surface area contributed by atoms with E-state index < -0.39 is 0 Å². The van der Waals surface area contributed by atoms with Crippen LogP contribution in [0.5, 0.6) is 0 Å². The normalized spacial score (nSPS) is 29.9.